The lowest BCUT2D eigenvalue weighted by Crippen LogP contribution is -2.26. The van der Waals surface area contributed by atoms with Crippen molar-refractivity contribution in [2.24, 2.45) is 5.41 Å². The van der Waals surface area contributed by atoms with Gasteiger partial charge in [-0.25, -0.2) is 0 Å². The molecule has 1 aromatic carbocycles. The standard InChI is InChI=1S/C14H21N/c1-14(2)9-8-13(10-14)15-11-12-6-4-3-5-7-12/h3-7,13,15H,8-11H2,1-2H3. The largest absolute Gasteiger partial charge is 0.310 e. The highest BCUT2D eigenvalue weighted by Gasteiger charge is 2.30. The molecule has 1 aliphatic carbocycles. The van der Waals surface area contributed by atoms with E-state index in [2.05, 4.69) is 49.5 Å². The van der Waals surface area contributed by atoms with Crippen LogP contribution in [-0.4, -0.2) is 6.04 Å². The molecule has 1 aliphatic rings. The SMILES string of the molecule is CC1(C)CCC(NCc2ccccc2)C1. The first kappa shape index (κ1) is 10.7. The summed E-state index contributed by atoms with van der Waals surface area (Å²) in [5.41, 5.74) is 1.94. The number of benzene rings is 1. The summed E-state index contributed by atoms with van der Waals surface area (Å²) < 4.78 is 0. The van der Waals surface area contributed by atoms with Crippen LogP contribution in [0.1, 0.15) is 38.7 Å². The normalized spacial score (nSPS) is 24.3. The molecular weight excluding hydrogens is 182 g/mol. The first-order valence-electron chi connectivity index (χ1n) is 5.93. The Morgan fingerprint density at radius 1 is 1.27 bits per heavy atom. The fraction of sp³-hybridized carbons (Fsp3) is 0.571. The zero-order chi connectivity index (χ0) is 10.7. The third kappa shape index (κ3) is 3.07. The van der Waals surface area contributed by atoms with Gasteiger partial charge in [-0.15, -0.1) is 0 Å². The second-order valence-corrected chi connectivity index (χ2v) is 5.47. The van der Waals surface area contributed by atoms with Crippen molar-refractivity contribution in [1.82, 2.24) is 5.32 Å². The van der Waals surface area contributed by atoms with E-state index < -0.39 is 0 Å². The Bertz CT molecular complexity index is 302. The summed E-state index contributed by atoms with van der Waals surface area (Å²) >= 11 is 0. The van der Waals surface area contributed by atoms with Gasteiger partial charge in [0.05, 0.1) is 0 Å². The zero-order valence-electron chi connectivity index (χ0n) is 9.79. The molecule has 1 fully saturated rings. The van der Waals surface area contributed by atoms with Gasteiger partial charge in [-0.2, -0.15) is 0 Å². The second-order valence-electron chi connectivity index (χ2n) is 5.47. The summed E-state index contributed by atoms with van der Waals surface area (Å²) in [7, 11) is 0. The topological polar surface area (TPSA) is 12.0 Å². The van der Waals surface area contributed by atoms with Gasteiger partial charge >= 0.3 is 0 Å². The van der Waals surface area contributed by atoms with E-state index in [1.807, 2.05) is 0 Å². The minimum atomic E-state index is 0.550. The van der Waals surface area contributed by atoms with E-state index in [0.29, 0.717) is 5.41 Å². The van der Waals surface area contributed by atoms with Crippen LogP contribution in [0.5, 0.6) is 0 Å². The fourth-order valence-corrected chi connectivity index (χ4v) is 2.47. The lowest BCUT2D eigenvalue weighted by Gasteiger charge is -2.17. The maximum Gasteiger partial charge on any atom is 0.0208 e. The third-order valence-corrected chi connectivity index (χ3v) is 3.41. The lowest BCUT2D eigenvalue weighted by molar-refractivity contribution is 0.364. The summed E-state index contributed by atoms with van der Waals surface area (Å²) in [6.07, 6.45) is 4.01. The average Bonchev–Trinajstić information content (AvgIpc) is 2.57. The number of rotatable bonds is 3. The Balaban J connectivity index is 1.80. The molecule has 0 amide bonds. The van der Waals surface area contributed by atoms with E-state index in [1.165, 1.54) is 24.8 Å². The number of hydrogen-bond donors (Lipinski definition) is 1. The van der Waals surface area contributed by atoms with Crippen molar-refractivity contribution < 1.29 is 0 Å². The predicted octanol–water partition coefficient (Wildman–Crippen LogP) is 3.35. The molecule has 1 N–H and O–H groups in total. The average molecular weight is 203 g/mol. The Morgan fingerprint density at radius 2 is 2.00 bits per heavy atom. The van der Waals surface area contributed by atoms with Gasteiger partial charge in [0.2, 0.25) is 0 Å². The summed E-state index contributed by atoms with van der Waals surface area (Å²) in [6.45, 7) is 5.76. The van der Waals surface area contributed by atoms with Crippen molar-refractivity contribution >= 4 is 0 Å². The monoisotopic (exact) mass is 203 g/mol. The highest BCUT2D eigenvalue weighted by atomic mass is 14.9. The molecule has 0 aromatic heterocycles. The highest BCUT2D eigenvalue weighted by Crippen LogP contribution is 2.36. The molecular formula is C14H21N. The van der Waals surface area contributed by atoms with Gasteiger partial charge in [-0.1, -0.05) is 44.2 Å². The quantitative estimate of drug-likeness (QED) is 0.794. The van der Waals surface area contributed by atoms with Crippen LogP contribution in [0.4, 0.5) is 0 Å². The molecule has 1 atom stereocenters. The maximum absolute atomic E-state index is 3.65. The predicted molar refractivity (Wildman–Crippen MR) is 64.7 cm³/mol. The number of hydrogen-bond acceptors (Lipinski definition) is 1. The van der Waals surface area contributed by atoms with Crippen LogP contribution >= 0.6 is 0 Å². The molecule has 0 heterocycles. The van der Waals surface area contributed by atoms with Crippen molar-refractivity contribution in [3.8, 4) is 0 Å². The molecule has 0 spiro atoms. The Labute approximate surface area is 92.9 Å². The third-order valence-electron chi connectivity index (χ3n) is 3.41. The van der Waals surface area contributed by atoms with Crippen molar-refractivity contribution in [1.29, 1.82) is 0 Å². The van der Waals surface area contributed by atoms with Crippen LogP contribution in [0.2, 0.25) is 0 Å². The molecule has 15 heavy (non-hydrogen) atoms. The van der Waals surface area contributed by atoms with Crippen LogP contribution in [-0.2, 0) is 6.54 Å². The Kier molecular flexibility index (Phi) is 3.11. The van der Waals surface area contributed by atoms with E-state index in [4.69, 9.17) is 0 Å². The van der Waals surface area contributed by atoms with E-state index in [-0.39, 0.29) is 0 Å². The van der Waals surface area contributed by atoms with Crippen LogP contribution in [0.15, 0.2) is 30.3 Å². The lowest BCUT2D eigenvalue weighted by atomic mass is 9.92. The minimum Gasteiger partial charge on any atom is -0.310 e. The minimum absolute atomic E-state index is 0.550. The molecule has 82 valence electrons. The summed E-state index contributed by atoms with van der Waals surface area (Å²) in [4.78, 5) is 0. The van der Waals surface area contributed by atoms with Gasteiger partial charge in [0.25, 0.3) is 0 Å². The molecule has 0 radical (unpaired) electrons. The summed E-state index contributed by atoms with van der Waals surface area (Å²) in [5.74, 6) is 0. The maximum atomic E-state index is 3.65. The van der Waals surface area contributed by atoms with Gasteiger partial charge in [0.15, 0.2) is 0 Å². The van der Waals surface area contributed by atoms with Crippen LogP contribution in [0.3, 0.4) is 0 Å². The zero-order valence-corrected chi connectivity index (χ0v) is 9.79. The molecule has 1 heteroatoms. The van der Waals surface area contributed by atoms with Crippen LogP contribution in [0, 0.1) is 5.41 Å². The first-order chi connectivity index (χ1) is 7.16. The molecule has 0 bridgehead atoms. The molecule has 2 rings (SSSR count). The van der Waals surface area contributed by atoms with Gasteiger partial charge < -0.3 is 5.32 Å². The second kappa shape index (κ2) is 4.36. The number of nitrogens with one attached hydrogen (secondary N) is 1. The highest BCUT2D eigenvalue weighted by molar-refractivity contribution is 5.14. The van der Waals surface area contributed by atoms with Gasteiger partial charge in [0, 0.05) is 12.6 Å². The van der Waals surface area contributed by atoms with Gasteiger partial charge in [-0.05, 0) is 30.2 Å². The molecule has 1 unspecified atom stereocenters. The van der Waals surface area contributed by atoms with E-state index in [0.717, 1.165) is 12.6 Å². The van der Waals surface area contributed by atoms with Crippen LogP contribution in [0.25, 0.3) is 0 Å². The van der Waals surface area contributed by atoms with Gasteiger partial charge in [-0.3, -0.25) is 0 Å². The molecule has 0 saturated heterocycles. The Hall–Kier alpha value is -0.820. The first-order valence-corrected chi connectivity index (χ1v) is 5.93. The van der Waals surface area contributed by atoms with E-state index >= 15 is 0 Å². The van der Waals surface area contributed by atoms with Crippen molar-refractivity contribution in [2.45, 2.75) is 45.7 Å². The van der Waals surface area contributed by atoms with Crippen LogP contribution < -0.4 is 5.32 Å². The van der Waals surface area contributed by atoms with Gasteiger partial charge in [0.1, 0.15) is 0 Å². The van der Waals surface area contributed by atoms with Crippen molar-refractivity contribution in [2.75, 3.05) is 0 Å². The van der Waals surface area contributed by atoms with Crippen molar-refractivity contribution in [3.63, 3.8) is 0 Å². The summed E-state index contributed by atoms with van der Waals surface area (Å²) in [6, 6.07) is 11.4. The molecule has 1 aromatic rings. The fourth-order valence-electron chi connectivity index (χ4n) is 2.47. The van der Waals surface area contributed by atoms with E-state index in [1.54, 1.807) is 0 Å². The summed E-state index contributed by atoms with van der Waals surface area (Å²) in [5, 5.41) is 3.65. The molecule has 1 nitrogen and oxygen atoms in total. The molecule has 0 aliphatic heterocycles. The van der Waals surface area contributed by atoms with E-state index in [9.17, 15) is 0 Å². The smallest absolute Gasteiger partial charge is 0.0208 e. The molecule has 1 saturated carbocycles. The Morgan fingerprint density at radius 3 is 2.60 bits per heavy atom. The van der Waals surface area contributed by atoms with Crippen molar-refractivity contribution in [3.05, 3.63) is 35.9 Å².